The average molecular weight is 303 g/mol. The molecule has 0 spiro atoms. The fourth-order valence-corrected chi connectivity index (χ4v) is 3.34. The first-order chi connectivity index (χ1) is 11.1. The first-order valence-electron chi connectivity index (χ1n) is 7.80. The molecule has 4 aromatic rings. The van der Waals surface area contributed by atoms with Crippen LogP contribution in [0.4, 0.5) is 0 Å². The Morgan fingerprint density at radius 2 is 1.83 bits per heavy atom. The van der Waals surface area contributed by atoms with Gasteiger partial charge in [-0.25, -0.2) is 4.57 Å². The Labute approximate surface area is 135 Å². The standard InChI is InChI=1S/C20H19N2O/c1-12-9-13(2)14(3)16(10-12)19-18-15-7-5-6-8-17(15)23-20(18)21-11-22(19)4/h5-11H,1-4H3/q+1. The van der Waals surface area contributed by atoms with Crippen molar-refractivity contribution in [2.75, 3.05) is 0 Å². The maximum absolute atomic E-state index is 5.95. The topological polar surface area (TPSA) is 29.9 Å². The second-order valence-corrected chi connectivity index (χ2v) is 6.24. The van der Waals surface area contributed by atoms with E-state index in [1.54, 1.807) is 0 Å². The van der Waals surface area contributed by atoms with E-state index in [0.717, 1.165) is 22.0 Å². The fraction of sp³-hybridized carbons (Fsp3) is 0.200. The summed E-state index contributed by atoms with van der Waals surface area (Å²) in [6.07, 6.45) is 1.83. The van der Waals surface area contributed by atoms with E-state index >= 15 is 0 Å². The predicted molar refractivity (Wildman–Crippen MR) is 92.3 cm³/mol. The van der Waals surface area contributed by atoms with E-state index in [-0.39, 0.29) is 0 Å². The Kier molecular flexibility index (Phi) is 2.98. The first kappa shape index (κ1) is 13.9. The molecule has 0 fully saturated rings. The third kappa shape index (κ3) is 2.04. The molecule has 0 aliphatic carbocycles. The van der Waals surface area contributed by atoms with Crippen molar-refractivity contribution in [3.63, 3.8) is 0 Å². The molecule has 0 aliphatic heterocycles. The minimum absolute atomic E-state index is 0.692. The number of fused-ring (bicyclic) bond motifs is 3. The molecule has 3 heteroatoms. The van der Waals surface area contributed by atoms with Gasteiger partial charge in [0.05, 0.1) is 7.05 Å². The van der Waals surface area contributed by atoms with Crippen molar-refractivity contribution in [2.45, 2.75) is 20.8 Å². The van der Waals surface area contributed by atoms with Crippen molar-refractivity contribution in [3.05, 3.63) is 59.4 Å². The number of aromatic nitrogens is 2. The lowest BCUT2D eigenvalue weighted by molar-refractivity contribution is -0.662. The summed E-state index contributed by atoms with van der Waals surface area (Å²) in [5.74, 6) is 0. The Morgan fingerprint density at radius 1 is 1.04 bits per heavy atom. The number of nitrogens with zero attached hydrogens (tertiary/aromatic N) is 2. The van der Waals surface area contributed by atoms with E-state index in [9.17, 15) is 0 Å². The van der Waals surface area contributed by atoms with Gasteiger partial charge in [-0.2, -0.15) is 0 Å². The first-order valence-corrected chi connectivity index (χ1v) is 7.80. The molecule has 23 heavy (non-hydrogen) atoms. The highest BCUT2D eigenvalue weighted by Gasteiger charge is 2.23. The zero-order valence-corrected chi connectivity index (χ0v) is 13.8. The molecule has 0 saturated heterocycles. The highest BCUT2D eigenvalue weighted by atomic mass is 16.3. The number of rotatable bonds is 1. The SMILES string of the molecule is Cc1cc(C)c(C)c(-c2c3c(nc[n+]2C)oc2ccccc23)c1. The Morgan fingerprint density at radius 3 is 2.65 bits per heavy atom. The molecule has 2 aromatic heterocycles. The van der Waals surface area contributed by atoms with E-state index in [4.69, 9.17) is 4.42 Å². The summed E-state index contributed by atoms with van der Waals surface area (Å²) in [4.78, 5) is 4.47. The van der Waals surface area contributed by atoms with Crippen molar-refractivity contribution >= 4 is 22.1 Å². The van der Waals surface area contributed by atoms with E-state index in [1.807, 2.05) is 31.6 Å². The Bertz CT molecular complexity index is 1060. The van der Waals surface area contributed by atoms with Crippen LogP contribution in [0.2, 0.25) is 0 Å². The largest absolute Gasteiger partial charge is 0.419 e. The second kappa shape index (κ2) is 4.92. The van der Waals surface area contributed by atoms with Gasteiger partial charge in [0.25, 0.3) is 6.33 Å². The maximum Gasteiger partial charge on any atom is 0.345 e. The molecule has 0 bridgehead atoms. The van der Waals surface area contributed by atoms with Gasteiger partial charge in [-0.3, -0.25) is 0 Å². The molecule has 2 aromatic carbocycles. The van der Waals surface area contributed by atoms with Crippen molar-refractivity contribution < 1.29 is 8.98 Å². The Hall–Kier alpha value is -2.68. The summed E-state index contributed by atoms with van der Waals surface area (Å²) in [7, 11) is 2.04. The van der Waals surface area contributed by atoms with E-state index in [1.165, 1.54) is 22.3 Å². The summed E-state index contributed by atoms with van der Waals surface area (Å²) in [6.45, 7) is 6.48. The van der Waals surface area contributed by atoms with Crippen LogP contribution >= 0.6 is 0 Å². The van der Waals surface area contributed by atoms with Crippen LogP contribution in [0, 0.1) is 20.8 Å². The van der Waals surface area contributed by atoms with Gasteiger partial charge in [-0.05, 0) is 49.0 Å². The Balaban J connectivity index is 2.21. The lowest BCUT2D eigenvalue weighted by Gasteiger charge is -2.11. The third-order valence-electron chi connectivity index (χ3n) is 4.58. The van der Waals surface area contributed by atoms with Crippen molar-refractivity contribution in [2.24, 2.45) is 7.05 Å². The zero-order valence-electron chi connectivity index (χ0n) is 13.8. The summed E-state index contributed by atoms with van der Waals surface area (Å²) >= 11 is 0. The van der Waals surface area contributed by atoms with E-state index in [0.29, 0.717) is 5.71 Å². The average Bonchev–Trinajstić information content (AvgIpc) is 2.90. The van der Waals surface area contributed by atoms with Crippen LogP contribution in [-0.2, 0) is 7.05 Å². The molecule has 4 rings (SSSR count). The molecule has 0 radical (unpaired) electrons. The molecule has 0 amide bonds. The van der Waals surface area contributed by atoms with Gasteiger partial charge < -0.3 is 4.42 Å². The number of aryl methyl sites for hydroxylation is 3. The smallest absolute Gasteiger partial charge is 0.345 e. The minimum Gasteiger partial charge on any atom is -0.419 e. The summed E-state index contributed by atoms with van der Waals surface area (Å²) in [6, 6.07) is 12.6. The van der Waals surface area contributed by atoms with Gasteiger partial charge in [-0.15, -0.1) is 0 Å². The molecular weight excluding hydrogens is 284 g/mol. The number of benzene rings is 2. The van der Waals surface area contributed by atoms with Gasteiger partial charge in [0.2, 0.25) is 0 Å². The fourth-order valence-electron chi connectivity index (χ4n) is 3.34. The van der Waals surface area contributed by atoms with Crippen LogP contribution in [0.1, 0.15) is 16.7 Å². The lowest BCUT2D eigenvalue weighted by atomic mass is 9.95. The minimum atomic E-state index is 0.692. The number of para-hydroxylation sites is 1. The van der Waals surface area contributed by atoms with Gasteiger partial charge in [0.15, 0.2) is 0 Å². The summed E-state index contributed by atoms with van der Waals surface area (Å²) < 4.78 is 8.03. The number of hydrogen-bond donors (Lipinski definition) is 0. The molecule has 3 nitrogen and oxygen atoms in total. The highest BCUT2D eigenvalue weighted by Crippen LogP contribution is 2.35. The molecule has 2 heterocycles. The number of furan rings is 1. The summed E-state index contributed by atoms with van der Waals surface area (Å²) in [5, 5.41) is 2.19. The van der Waals surface area contributed by atoms with Gasteiger partial charge in [0, 0.05) is 10.9 Å². The monoisotopic (exact) mass is 303 g/mol. The predicted octanol–water partition coefficient (Wildman–Crippen LogP) is 4.40. The summed E-state index contributed by atoms with van der Waals surface area (Å²) in [5.41, 5.74) is 7.83. The molecule has 0 atom stereocenters. The zero-order chi connectivity index (χ0) is 16.1. The molecule has 0 N–H and O–H groups in total. The second-order valence-electron chi connectivity index (χ2n) is 6.24. The lowest BCUT2D eigenvalue weighted by Crippen LogP contribution is -2.31. The number of hydrogen-bond acceptors (Lipinski definition) is 2. The third-order valence-corrected chi connectivity index (χ3v) is 4.58. The van der Waals surface area contributed by atoms with Crippen LogP contribution in [-0.4, -0.2) is 4.98 Å². The van der Waals surface area contributed by atoms with Crippen molar-refractivity contribution in [1.82, 2.24) is 4.98 Å². The van der Waals surface area contributed by atoms with Gasteiger partial charge >= 0.3 is 5.71 Å². The van der Waals surface area contributed by atoms with Crippen LogP contribution in [0.15, 0.2) is 47.1 Å². The van der Waals surface area contributed by atoms with Gasteiger partial charge in [-0.1, -0.05) is 29.8 Å². The van der Waals surface area contributed by atoms with E-state index in [2.05, 4.69) is 48.5 Å². The molecule has 0 unspecified atom stereocenters. The van der Waals surface area contributed by atoms with Crippen LogP contribution in [0.3, 0.4) is 0 Å². The quantitative estimate of drug-likeness (QED) is 0.488. The van der Waals surface area contributed by atoms with Crippen molar-refractivity contribution in [3.8, 4) is 11.3 Å². The van der Waals surface area contributed by atoms with Crippen molar-refractivity contribution in [1.29, 1.82) is 0 Å². The normalized spacial score (nSPS) is 11.5. The van der Waals surface area contributed by atoms with Crippen LogP contribution in [0.25, 0.3) is 33.3 Å². The maximum atomic E-state index is 5.95. The van der Waals surface area contributed by atoms with Crippen LogP contribution < -0.4 is 4.57 Å². The highest BCUT2D eigenvalue weighted by molar-refractivity contribution is 6.09. The molecule has 114 valence electrons. The molecular formula is C20H19N2O+. The molecule has 0 saturated carbocycles. The van der Waals surface area contributed by atoms with Crippen LogP contribution in [0.5, 0.6) is 0 Å². The molecule has 0 aliphatic rings. The van der Waals surface area contributed by atoms with E-state index < -0.39 is 0 Å². The van der Waals surface area contributed by atoms with Gasteiger partial charge in [0.1, 0.15) is 16.7 Å².